The minimum absolute atomic E-state index is 0.382. The second-order valence-electron chi connectivity index (χ2n) is 7.37. The number of benzene rings is 3. The summed E-state index contributed by atoms with van der Waals surface area (Å²) in [4.78, 5) is 4.70. The number of allylic oxidation sites excluding steroid dienone is 1. The zero-order valence-corrected chi connectivity index (χ0v) is 18.9. The summed E-state index contributed by atoms with van der Waals surface area (Å²) in [5, 5.41) is 9.94. The number of rotatable bonds is 8. The van der Waals surface area contributed by atoms with Crippen molar-refractivity contribution in [3.8, 4) is 23.3 Å². The van der Waals surface area contributed by atoms with E-state index in [2.05, 4.69) is 6.07 Å². The lowest BCUT2D eigenvalue weighted by molar-refractivity contribution is 0.266. The molecule has 0 amide bonds. The number of aryl methyl sites for hydroxylation is 1. The van der Waals surface area contributed by atoms with Gasteiger partial charge in [-0.3, -0.25) is 0 Å². The van der Waals surface area contributed by atoms with Gasteiger partial charge in [-0.1, -0.05) is 42.5 Å². The SMILES string of the molecule is CCn1c(/C(C#N)=C\c2cc(OC)c(OCc3ccccc3)c(OC)c2)nc2ccccc21. The first-order chi connectivity index (χ1) is 16.2. The van der Waals surface area contributed by atoms with Crippen LogP contribution in [0.3, 0.4) is 0 Å². The summed E-state index contributed by atoms with van der Waals surface area (Å²) < 4.78 is 19.3. The molecular formula is C27H25N3O3. The summed E-state index contributed by atoms with van der Waals surface area (Å²) in [6.07, 6.45) is 1.79. The quantitative estimate of drug-likeness (QED) is 0.329. The molecule has 0 radical (unpaired) electrons. The summed E-state index contributed by atoms with van der Waals surface area (Å²) in [6, 6.07) is 23.7. The second-order valence-corrected chi connectivity index (χ2v) is 7.37. The third kappa shape index (κ3) is 4.53. The monoisotopic (exact) mass is 439 g/mol. The van der Waals surface area contributed by atoms with Crippen molar-refractivity contribution >= 4 is 22.7 Å². The van der Waals surface area contributed by atoms with Crippen LogP contribution < -0.4 is 14.2 Å². The van der Waals surface area contributed by atoms with Gasteiger partial charge in [0.05, 0.1) is 30.8 Å². The van der Waals surface area contributed by atoms with Crippen LogP contribution in [0.25, 0.3) is 22.7 Å². The predicted molar refractivity (Wildman–Crippen MR) is 129 cm³/mol. The maximum atomic E-state index is 9.94. The van der Waals surface area contributed by atoms with E-state index in [1.165, 1.54) is 0 Å². The Kier molecular flexibility index (Phi) is 6.61. The molecule has 0 aliphatic carbocycles. The van der Waals surface area contributed by atoms with Gasteiger partial charge in [-0.2, -0.15) is 5.26 Å². The smallest absolute Gasteiger partial charge is 0.203 e. The average molecular weight is 440 g/mol. The van der Waals surface area contributed by atoms with Gasteiger partial charge in [0, 0.05) is 6.54 Å². The molecule has 0 atom stereocenters. The van der Waals surface area contributed by atoms with Gasteiger partial charge in [-0.05, 0) is 48.4 Å². The van der Waals surface area contributed by atoms with E-state index in [1.54, 1.807) is 20.3 Å². The van der Waals surface area contributed by atoms with E-state index in [0.29, 0.717) is 41.8 Å². The Morgan fingerprint density at radius 1 is 1.00 bits per heavy atom. The molecule has 0 N–H and O–H groups in total. The normalized spacial score (nSPS) is 11.3. The molecule has 0 unspecified atom stereocenters. The van der Waals surface area contributed by atoms with Crippen molar-refractivity contribution < 1.29 is 14.2 Å². The van der Waals surface area contributed by atoms with Crippen LogP contribution >= 0.6 is 0 Å². The molecule has 4 rings (SSSR count). The molecule has 0 saturated carbocycles. The van der Waals surface area contributed by atoms with E-state index in [9.17, 15) is 5.26 Å². The fraction of sp³-hybridized carbons (Fsp3) is 0.185. The molecule has 0 saturated heterocycles. The van der Waals surface area contributed by atoms with Gasteiger partial charge in [-0.15, -0.1) is 0 Å². The molecule has 0 spiro atoms. The highest BCUT2D eigenvalue weighted by atomic mass is 16.5. The fourth-order valence-electron chi connectivity index (χ4n) is 3.77. The largest absolute Gasteiger partial charge is 0.493 e. The summed E-state index contributed by atoms with van der Waals surface area (Å²) in [5.74, 6) is 2.19. The third-order valence-corrected chi connectivity index (χ3v) is 5.35. The van der Waals surface area contributed by atoms with Crippen molar-refractivity contribution in [2.24, 2.45) is 0 Å². The minimum atomic E-state index is 0.382. The van der Waals surface area contributed by atoms with E-state index in [1.807, 2.05) is 78.2 Å². The lowest BCUT2D eigenvalue weighted by Gasteiger charge is -2.15. The molecule has 1 heterocycles. The first-order valence-corrected chi connectivity index (χ1v) is 10.7. The number of methoxy groups -OCH3 is 2. The van der Waals surface area contributed by atoms with Gasteiger partial charge >= 0.3 is 0 Å². The maximum Gasteiger partial charge on any atom is 0.203 e. The van der Waals surface area contributed by atoms with Crippen molar-refractivity contribution in [1.82, 2.24) is 9.55 Å². The first kappa shape index (κ1) is 22.0. The molecule has 0 aliphatic heterocycles. The lowest BCUT2D eigenvalue weighted by Crippen LogP contribution is -2.01. The fourth-order valence-corrected chi connectivity index (χ4v) is 3.77. The molecule has 3 aromatic carbocycles. The molecule has 1 aromatic heterocycles. The Labute approximate surface area is 193 Å². The van der Waals surface area contributed by atoms with Crippen molar-refractivity contribution in [2.45, 2.75) is 20.1 Å². The van der Waals surface area contributed by atoms with Crippen molar-refractivity contribution in [3.05, 3.63) is 83.7 Å². The zero-order valence-electron chi connectivity index (χ0n) is 18.9. The molecule has 0 bridgehead atoms. The number of fused-ring (bicyclic) bond motifs is 1. The van der Waals surface area contributed by atoms with E-state index < -0.39 is 0 Å². The highest BCUT2D eigenvalue weighted by molar-refractivity contribution is 5.91. The van der Waals surface area contributed by atoms with E-state index >= 15 is 0 Å². The zero-order chi connectivity index (χ0) is 23.2. The number of para-hydroxylation sites is 2. The molecule has 6 heteroatoms. The van der Waals surface area contributed by atoms with Crippen LogP contribution in [0.1, 0.15) is 23.9 Å². The Hall–Kier alpha value is -4.24. The van der Waals surface area contributed by atoms with E-state index in [4.69, 9.17) is 19.2 Å². The Morgan fingerprint density at radius 3 is 2.30 bits per heavy atom. The Morgan fingerprint density at radius 2 is 1.67 bits per heavy atom. The molecule has 4 aromatic rings. The van der Waals surface area contributed by atoms with Crippen LogP contribution in [0.5, 0.6) is 17.2 Å². The van der Waals surface area contributed by atoms with Gasteiger partial charge in [0.15, 0.2) is 17.3 Å². The van der Waals surface area contributed by atoms with Gasteiger partial charge in [-0.25, -0.2) is 4.98 Å². The lowest BCUT2D eigenvalue weighted by atomic mass is 10.1. The summed E-state index contributed by atoms with van der Waals surface area (Å²) in [5.41, 5.74) is 4.10. The predicted octanol–water partition coefficient (Wildman–Crippen LogP) is 5.72. The van der Waals surface area contributed by atoms with Crippen LogP contribution in [-0.4, -0.2) is 23.8 Å². The molecule has 0 fully saturated rings. The van der Waals surface area contributed by atoms with Crippen LogP contribution in [-0.2, 0) is 13.2 Å². The third-order valence-electron chi connectivity index (χ3n) is 5.35. The summed E-state index contributed by atoms with van der Waals surface area (Å²) >= 11 is 0. The van der Waals surface area contributed by atoms with Crippen molar-refractivity contribution in [3.63, 3.8) is 0 Å². The number of nitrogens with zero attached hydrogens (tertiary/aromatic N) is 3. The number of hydrogen-bond acceptors (Lipinski definition) is 5. The summed E-state index contributed by atoms with van der Waals surface area (Å²) in [6.45, 7) is 3.12. The Balaban J connectivity index is 1.73. The van der Waals surface area contributed by atoms with E-state index in [-0.39, 0.29) is 0 Å². The number of aromatic nitrogens is 2. The standard InChI is InChI=1S/C27H25N3O3/c1-4-30-23-13-9-8-12-22(23)29-27(30)21(17-28)14-20-15-24(31-2)26(25(16-20)32-3)33-18-19-10-6-5-7-11-19/h5-16H,4,18H2,1-3H3/b21-14-. The van der Waals surface area contributed by atoms with Gasteiger partial charge in [0.2, 0.25) is 5.75 Å². The number of nitriles is 1. The van der Waals surface area contributed by atoms with Crippen molar-refractivity contribution in [2.75, 3.05) is 14.2 Å². The minimum Gasteiger partial charge on any atom is -0.493 e. The van der Waals surface area contributed by atoms with E-state index in [0.717, 1.165) is 22.2 Å². The van der Waals surface area contributed by atoms with Gasteiger partial charge < -0.3 is 18.8 Å². The highest BCUT2D eigenvalue weighted by Crippen LogP contribution is 2.40. The topological polar surface area (TPSA) is 69.3 Å². The average Bonchev–Trinajstić information content (AvgIpc) is 3.24. The highest BCUT2D eigenvalue weighted by Gasteiger charge is 2.17. The van der Waals surface area contributed by atoms with Crippen LogP contribution in [0, 0.1) is 11.3 Å². The molecule has 0 aliphatic rings. The van der Waals surface area contributed by atoms with Crippen LogP contribution in [0.15, 0.2) is 66.7 Å². The van der Waals surface area contributed by atoms with Gasteiger partial charge in [0.25, 0.3) is 0 Å². The number of imidazole rings is 1. The molecule has 166 valence electrons. The number of hydrogen-bond donors (Lipinski definition) is 0. The summed E-state index contributed by atoms with van der Waals surface area (Å²) in [7, 11) is 3.17. The van der Waals surface area contributed by atoms with Gasteiger partial charge in [0.1, 0.15) is 12.7 Å². The maximum absolute atomic E-state index is 9.94. The number of ether oxygens (including phenoxy) is 3. The Bertz CT molecular complexity index is 1310. The molecule has 33 heavy (non-hydrogen) atoms. The van der Waals surface area contributed by atoms with Crippen molar-refractivity contribution in [1.29, 1.82) is 5.26 Å². The second kappa shape index (κ2) is 9.92. The molecule has 6 nitrogen and oxygen atoms in total. The molecular weight excluding hydrogens is 414 g/mol. The van der Waals surface area contributed by atoms with Crippen LogP contribution in [0.4, 0.5) is 0 Å². The van der Waals surface area contributed by atoms with Crippen LogP contribution in [0.2, 0.25) is 0 Å². The first-order valence-electron chi connectivity index (χ1n) is 10.7.